The maximum absolute atomic E-state index is 12.6. The molecule has 0 atom stereocenters. The monoisotopic (exact) mass is 375 g/mol. The van der Waals surface area contributed by atoms with Crippen molar-refractivity contribution in [3.05, 3.63) is 83.5 Å². The first-order valence-corrected chi connectivity index (χ1v) is 9.17. The number of rotatable bonds is 4. The van der Waals surface area contributed by atoms with Crippen LogP contribution in [0.1, 0.15) is 15.9 Å². The molecule has 128 valence electrons. The van der Waals surface area contributed by atoms with Crippen molar-refractivity contribution in [2.24, 2.45) is 0 Å². The van der Waals surface area contributed by atoms with Crippen molar-refractivity contribution in [2.75, 3.05) is 6.54 Å². The molecule has 0 aromatic heterocycles. The van der Waals surface area contributed by atoms with Gasteiger partial charge in [0.05, 0.1) is 28.2 Å². The fourth-order valence-corrected chi connectivity index (χ4v) is 4.13. The van der Waals surface area contributed by atoms with Crippen LogP contribution >= 0.6 is 11.6 Å². The first kappa shape index (κ1) is 17.3. The minimum atomic E-state index is -3.72. The van der Waals surface area contributed by atoms with E-state index >= 15 is 0 Å². The van der Waals surface area contributed by atoms with Crippen LogP contribution in [-0.4, -0.2) is 25.2 Å². The summed E-state index contributed by atoms with van der Waals surface area (Å²) in [6, 6.07) is 12.8. The molecule has 0 N–H and O–H groups in total. The molecule has 0 radical (unpaired) electrons. The molecular formula is C18H14ClNO4S. The molecule has 1 aliphatic rings. The Bertz CT molecular complexity index is 982. The molecular weight excluding hydrogens is 362 g/mol. The van der Waals surface area contributed by atoms with Gasteiger partial charge in [-0.1, -0.05) is 41.9 Å². The molecule has 0 unspecified atom stereocenters. The summed E-state index contributed by atoms with van der Waals surface area (Å²) in [4.78, 5) is 12.5. The Hall–Kier alpha value is -2.57. The van der Waals surface area contributed by atoms with Gasteiger partial charge < -0.3 is 4.74 Å². The van der Waals surface area contributed by atoms with Crippen LogP contribution in [0.4, 0.5) is 0 Å². The van der Waals surface area contributed by atoms with Gasteiger partial charge in [-0.3, -0.25) is 4.31 Å². The van der Waals surface area contributed by atoms with Crippen molar-refractivity contribution in [1.29, 1.82) is 0 Å². The fraction of sp³-hybridized carbons (Fsp3) is 0.0556. The Morgan fingerprint density at radius 3 is 2.56 bits per heavy atom. The number of ether oxygens (including phenoxy) is 1. The molecule has 0 aliphatic carbocycles. The van der Waals surface area contributed by atoms with Crippen LogP contribution in [0, 0.1) is 0 Å². The maximum atomic E-state index is 12.6. The number of hydrogen-bond acceptors (Lipinski definition) is 4. The highest BCUT2D eigenvalue weighted by molar-refractivity contribution is 7.89. The van der Waals surface area contributed by atoms with Gasteiger partial charge in [-0.2, -0.15) is 0 Å². The van der Waals surface area contributed by atoms with Gasteiger partial charge in [-0.25, -0.2) is 13.2 Å². The average molecular weight is 376 g/mol. The standard InChI is InChI=1S/C18H14ClNO4S/c1-2-11-20-12-16(14-8-4-6-10-17(14)25(20,22)23)24-18(21)13-7-3-5-9-15(13)19/h2-10,12H,1,11H2. The van der Waals surface area contributed by atoms with Crippen molar-refractivity contribution in [3.63, 3.8) is 0 Å². The van der Waals surface area contributed by atoms with Crippen LogP contribution in [0.2, 0.25) is 5.02 Å². The molecule has 7 heteroatoms. The Morgan fingerprint density at radius 1 is 1.16 bits per heavy atom. The SMILES string of the molecule is C=CCN1C=C(OC(=O)c2ccccc2Cl)c2ccccc2S1(=O)=O. The molecule has 3 rings (SSSR count). The molecule has 0 amide bonds. The van der Waals surface area contributed by atoms with E-state index in [1.54, 1.807) is 36.4 Å². The lowest BCUT2D eigenvalue weighted by Gasteiger charge is -2.26. The smallest absolute Gasteiger partial charge is 0.345 e. The van der Waals surface area contributed by atoms with E-state index < -0.39 is 16.0 Å². The highest BCUT2D eigenvalue weighted by atomic mass is 35.5. The summed E-state index contributed by atoms with van der Waals surface area (Å²) in [5.74, 6) is -0.526. The van der Waals surface area contributed by atoms with Gasteiger partial charge in [-0.05, 0) is 24.3 Å². The topological polar surface area (TPSA) is 63.7 Å². The van der Waals surface area contributed by atoms with Crippen molar-refractivity contribution < 1.29 is 17.9 Å². The number of fused-ring (bicyclic) bond motifs is 1. The molecule has 2 aromatic rings. The summed E-state index contributed by atoms with van der Waals surface area (Å²) in [7, 11) is -3.72. The number of carbonyl (C=O) groups is 1. The Labute approximate surface area is 150 Å². The quantitative estimate of drug-likeness (QED) is 0.604. The van der Waals surface area contributed by atoms with Crippen molar-refractivity contribution in [1.82, 2.24) is 4.31 Å². The highest BCUT2D eigenvalue weighted by Gasteiger charge is 2.32. The minimum Gasteiger partial charge on any atom is -0.421 e. The molecule has 0 bridgehead atoms. The minimum absolute atomic E-state index is 0.0593. The van der Waals surface area contributed by atoms with E-state index in [0.717, 1.165) is 4.31 Å². The zero-order chi connectivity index (χ0) is 18.0. The molecule has 2 aromatic carbocycles. The van der Waals surface area contributed by atoms with E-state index in [-0.39, 0.29) is 27.8 Å². The summed E-state index contributed by atoms with van der Waals surface area (Å²) < 4.78 is 31.8. The van der Waals surface area contributed by atoms with Crippen molar-refractivity contribution in [2.45, 2.75) is 4.90 Å². The summed E-state index contributed by atoms with van der Waals surface area (Å²) in [5.41, 5.74) is 0.523. The van der Waals surface area contributed by atoms with Gasteiger partial charge in [0.25, 0.3) is 10.0 Å². The second kappa shape index (κ2) is 6.74. The van der Waals surface area contributed by atoms with E-state index in [0.29, 0.717) is 5.56 Å². The zero-order valence-corrected chi connectivity index (χ0v) is 14.6. The van der Waals surface area contributed by atoms with Crippen molar-refractivity contribution >= 4 is 33.4 Å². The fourth-order valence-electron chi connectivity index (χ4n) is 2.43. The number of benzene rings is 2. The molecule has 5 nitrogen and oxygen atoms in total. The average Bonchev–Trinajstić information content (AvgIpc) is 2.60. The lowest BCUT2D eigenvalue weighted by atomic mass is 10.2. The van der Waals surface area contributed by atoms with Crippen LogP contribution in [0.3, 0.4) is 0 Å². The van der Waals surface area contributed by atoms with Gasteiger partial charge in [0, 0.05) is 5.56 Å². The molecule has 0 saturated carbocycles. The van der Waals surface area contributed by atoms with Crippen LogP contribution < -0.4 is 0 Å². The maximum Gasteiger partial charge on any atom is 0.345 e. The first-order valence-electron chi connectivity index (χ1n) is 7.36. The third kappa shape index (κ3) is 3.18. The van der Waals surface area contributed by atoms with E-state index in [4.69, 9.17) is 16.3 Å². The van der Waals surface area contributed by atoms with E-state index in [1.807, 2.05) is 0 Å². The van der Waals surface area contributed by atoms with Gasteiger partial charge in [0.2, 0.25) is 0 Å². The first-order chi connectivity index (χ1) is 11.9. The van der Waals surface area contributed by atoms with E-state index in [9.17, 15) is 13.2 Å². The predicted molar refractivity (Wildman–Crippen MR) is 95.4 cm³/mol. The Morgan fingerprint density at radius 2 is 1.84 bits per heavy atom. The molecule has 25 heavy (non-hydrogen) atoms. The van der Waals surface area contributed by atoms with Gasteiger partial charge in [0.1, 0.15) is 0 Å². The largest absolute Gasteiger partial charge is 0.421 e. The summed E-state index contributed by atoms with van der Waals surface area (Å²) in [6.07, 6.45) is 2.74. The Balaban J connectivity index is 2.04. The second-order valence-corrected chi connectivity index (χ2v) is 7.49. The van der Waals surface area contributed by atoms with Crippen LogP contribution in [-0.2, 0) is 14.8 Å². The number of esters is 1. The third-order valence-electron chi connectivity index (χ3n) is 3.61. The van der Waals surface area contributed by atoms with E-state index in [1.165, 1.54) is 24.4 Å². The molecule has 0 saturated heterocycles. The third-order valence-corrected chi connectivity index (χ3v) is 5.72. The predicted octanol–water partition coefficient (Wildman–Crippen LogP) is 3.69. The number of carbonyl (C=O) groups excluding carboxylic acids is 1. The number of nitrogens with zero attached hydrogens (tertiary/aromatic N) is 1. The van der Waals surface area contributed by atoms with Crippen LogP contribution in [0.5, 0.6) is 0 Å². The Kier molecular flexibility index (Phi) is 4.65. The zero-order valence-electron chi connectivity index (χ0n) is 13.1. The summed E-state index contributed by atoms with van der Waals surface area (Å²) >= 11 is 6.02. The number of sulfonamides is 1. The normalized spacial score (nSPS) is 15.1. The van der Waals surface area contributed by atoms with Crippen LogP contribution in [0.15, 0.2) is 72.3 Å². The van der Waals surface area contributed by atoms with Gasteiger partial charge in [0.15, 0.2) is 5.76 Å². The van der Waals surface area contributed by atoms with Crippen molar-refractivity contribution in [3.8, 4) is 0 Å². The number of hydrogen-bond donors (Lipinski definition) is 0. The summed E-state index contributed by atoms with van der Waals surface area (Å²) in [5, 5.41) is 0.257. The summed E-state index contributed by atoms with van der Waals surface area (Å²) in [6.45, 7) is 3.62. The lowest BCUT2D eigenvalue weighted by molar-refractivity contribution is 0.0689. The van der Waals surface area contributed by atoms with Crippen LogP contribution in [0.25, 0.3) is 5.76 Å². The van der Waals surface area contributed by atoms with Gasteiger partial charge >= 0.3 is 5.97 Å². The highest BCUT2D eigenvalue weighted by Crippen LogP contribution is 2.33. The molecule has 0 fully saturated rings. The molecule has 0 spiro atoms. The molecule has 1 aliphatic heterocycles. The second-order valence-electron chi connectivity index (χ2n) is 5.22. The van der Waals surface area contributed by atoms with Gasteiger partial charge in [-0.15, -0.1) is 6.58 Å². The van der Waals surface area contributed by atoms with E-state index in [2.05, 4.69) is 6.58 Å². The lowest BCUT2D eigenvalue weighted by Crippen LogP contribution is -2.31. The molecule has 1 heterocycles. The number of halogens is 1.